The molecule has 0 heterocycles. The summed E-state index contributed by atoms with van der Waals surface area (Å²) >= 11 is 0. The zero-order chi connectivity index (χ0) is 43.4. The van der Waals surface area contributed by atoms with Crippen molar-refractivity contribution in [3.63, 3.8) is 0 Å². The number of aromatic hydroxyl groups is 2. The molecule has 0 bridgehead atoms. The fraction of sp³-hybridized carbons (Fsp3) is 0.685. The molecule has 0 aliphatic heterocycles. The van der Waals surface area contributed by atoms with Crippen LogP contribution in [0.25, 0.3) is 0 Å². The van der Waals surface area contributed by atoms with Gasteiger partial charge >= 0.3 is 0 Å². The van der Waals surface area contributed by atoms with E-state index < -0.39 is 16.1 Å². The topological polar surface area (TPSA) is 65.2 Å². The van der Waals surface area contributed by atoms with Gasteiger partial charge in [0.1, 0.15) is 11.5 Å². The summed E-state index contributed by atoms with van der Waals surface area (Å²) in [5, 5.41) is 26.3. The quantitative estimate of drug-likeness (QED) is 0.0535. The number of aliphatic imine (C=N–C) groups is 2. The third-order valence-corrected chi connectivity index (χ3v) is 20.4. The van der Waals surface area contributed by atoms with Gasteiger partial charge in [0.25, 0.3) is 0 Å². The molecule has 1 fully saturated rings. The van der Waals surface area contributed by atoms with Gasteiger partial charge in [-0.25, -0.2) is 0 Å². The molecule has 0 spiro atoms. The predicted octanol–water partition coefficient (Wildman–Crippen LogP) is 14.1. The van der Waals surface area contributed by atoms with Gasteiger partial charge in [-0.05, 0) is 66.5 Å². The van der Waals surface area contributed by atoms with E-state index in [0.29, 0.717) is 11.5 Å². The Morgan fingerprint density at radius 2 is 0.887 bits per heavy atom. The third-order valence-electron chi connectivity index (χ3n) is 13.5. The van der Waals surface area contributed by atoms with Gasteiger partial charge in [-0.1, -0.05) is 181 Å². The standard InChI is InChI=1S/C51H89N3O2Si2.3CH3.Cr/c1-15-19-28-54(29-20-16-2,30-21-17-3)31-25-33-58(13,14)43-35-41(49(56)45(37-43)51(8,9)10)39-53-47-27-24-23-26-46(47)52-38-40-34-42(57(11,12)32-22-18-4)36-44(48(40)55)50(5,6)7;;;;/h34-39,46-47H,15-33H2,1-14H3,(H-,52,53,55,56);3*1H3;/q;3*-1;/p+1/t46-,47-;;;;/m0..../s1. The Kier molecular flexibility index (Phi) is 27.9. The molecular formula is C54H99CrN3O2Si2-2. The van der Waals surface area contributed by atoms with Gasteiger partial charge in [-0.15, -0.1) is 0 Å². The first-order chi connectivity index (χ1) is 27.1. The number of hydrogen-bond donors (Lipinski definition) is 2. The first-order valence-electron chi connectivity index (χ1n) is 23.8. The van der Waals surface area contributed by atoms with Crippen LogP contribution >= 0.6 is 0 Å². The smallest absolute Gasteiger partial charge is 0.128 e. The first kappa shape index (κ1) is 62.4. The van der Waals surface area contributed by atoms with Crippen molar-refractivity contribution in [2.45, 2.75) is 214 Å². The molecule has 8 heteroatoms. The Hall–Kier alpha value is -1.69. The minimum atomic E-state index is -1.85. The fourth-order valence-electron chi connectivity index (χ4n) is 9.14. The van der Waals surface area contributed by atoms with E-state index in [0.717, 1.165) is 47.9 Å². The molecule has 1 aliphatic carbocycles. The van der Waals surface area contributed by atoms with Gasteiger partial charge in [0.2, 0.25) is 0 Å². The second-order valence-electron chi connectivity index (χ2n) is 21.7. The molecule has 2 aromatic rings. The van der Waals surface area contributed by atoms with E-state index >= 15 is 0 Å². The van der Waals surface area contributed by atoms with Crippen molar-refractivity contribution in [1.29, 1.82) is 0 Å². The summed E-state index contributed by atoms with van der Waals surface area (Å²) < 4.78 is 1.30. The van der Waals surface area contributed by atoms with E-state index in [2.05, 4.69) is 120 Å². The summed E-state index contributed by atoms with van der Waals surface area (Å²) in [5.74, 6) is 0.744. The first-order valence-corrected chi connectivity index (χ1v) is 30.2. The van der Waals surface area contributed by atoms with E-state index in [1.165, 1.54) is 111 Å². The van der Waals surface area contributed by atoms with Crippen LogP contribution in [0.4, 0.5) is 0 Å². The maximum absolute atomic E-state index is 11.8. The maximum Gasteiger partial charge on any atom is 0.128 e. The Labute approximate surface area is 399 Å². The van der Waals surface area contributed by atoms with Gasteiger partial charge < -0.3 is 37.0 Å². The zero-order valence-corrected chi connectivity index (χ0v) is 47.0. The number of benzene rings is 2. The Morgan fingerprint density at radius 1 is 0.565 bits per heavy atom. The number of rotatable bonds is 22. The summed E-state index contributed by atoms with van der Waals surface area (Å²) in [6.45, 7) is 37.8. The fourth-order valence-corrected chi connectivity index (χ4v) is 14.2. The molecule has 0 radical (unpaired) electrons. The van der Waals surface area contributed by atoms with Crippen molar-refractivity contribution < 1.29 is 32.1 Å². The van der Waals surface area contributed by atoms with Crippen molar-refractivity contribution in [3.05, 3.63) is 68.8 Å². The second-order valence-corrected chi connectivity index (χ2v) is 31.4. The zero-order valence-electron chi connectivity index (χ0n) is 43.7. The van der Waals surface area contributed by atoms with Gasteiger partial charge in [0.15, 0.2) is 0 Å². The van der Waals surface area contributed by atoms with Gasteiger partial charge in [-0.3, -0.25) is 9.98 Å². The van der Waals surface area contributed by atoms with E-state index in [9.17, 15) is 10.2 Å². The van der Waals surface area contributed by atoms with Crippen LogP contribution < -0.4 is 10.4 Å². The number of phenolic OH excluding ortho intramolecular Hbond substituents is 2. The van der Waals surface area contributed by atoms with Crippen molar-refractivity contribution in [2.24, 2.45) is 9.98 Å². The number of phenols is 2. The number of hydrogen-bond acceptors (Lipinski definition) is 4. The van der Waals surface area contributed by atoms with E-state index in [1.807, 2.05) is 12.4 Å². The van der Waals surface area contributed by atoms with E-state index in [4.69, 9.17) is 9.98 Å². The average Bonchev–Trinajstić information content (AvgIpc) is 3.15. The van der Waals surface area contributed by atoms with Gasteiger partial charge in [0, 0.05) is 40.9 Å². The summed E-state index contributed by atoms with van der Waals surface area (Å²) in [6, 6.07) is 11.7. The van der Waals surface area contributed by atoms with Crippen LogP contribution in [0.1, 0.15) is 175 Å². The molecule has 1 aliphatic rings. The molecule has 2 aromatic carbocycles. The van der Waals surface area contributed by atoms with Crippen molar-refractivity contribution in [3.8, 4) is 11.5 Å². The van der Waals surface area contributed by atoms with Crippen LogP contribution in [-0.2, 0) is 28.2 Å². The van der Waals surface area contributed by atoms with E-state index in [-0.39, 0.29) is 62.6 Å². The van der Waals surface area contributed by atoms with E-state index in [1.54, 1.807) is 0 Å². The van der Waals surface area contributed by atoms with Crippen LogP contribution in [0.3, 0.4) is 0 Å². The Morgan fingerprint density at radius 3 is 1.21 bits per heavy atom. The third kappa shape index (κ3) is 17.9. The summed E-state index contributed by atoms with van der Waals surface area (Å²) in [4.78, 5) is 10.5. The molecular weight excluding hydrogens is 831 g/mol. The van der Waals surface area contributed by atoms with Crippen molar-refractivity contribution >= 4 is 39.0 Å². The minimum Gasteiger partial charge on any atom is -0.507 e. The van der Waals surface area contributed by atoms with Crippen molar-refractivity contribution in [2.75, 3.05) is 26.2 Å². The molecule has 5 nitrogen and oxygen atoms in total. The normalized spacial score (nSPS) is 16.4. The molecule has 0 amide bonds. The van der Waals surface area contributed by atoms with Crippen LogP contribution in [-0.4, -0.2) is 81.5 Å². The minimum absolute atomic E-state index is 0. The summed E-state index contributed by atoms with van der Waals surface area (Å²) in [5.41, 5.74) is 3.39. The van der Waals surface area contributed by atoms with Crippen LogP contribution in [0.2, 0.25) is 38.3 Å². The maximum atomic E-state index is 11.8. The predicted molar refractivity (Wildman–Crippen MR) is 282 cm³/mol. The van der Waals surface area contributed by atoms with Gasteiger partial charge in [-0.2, -0.15) is 0 Å². The largest absolute Gasteiger partial charge is 0.507 e. The molecule has 0 saturated heterocycles. The monoisotopic (exact) mass is 930 g/mol. The number of quaternary nitrogens is 1. The Balaban J connectivity index is 0. The van der Waals surface area contributed by atoms with Crippen LogP contribution in [0.5, 0.6) is 11.5 Å². The molecule has 3 rings (SSSR count). The molecule has 0 aromatic heterocycles. The van der Waals surface area contributed by atoms with Crippen LogP contribution in [0.15, 0.2) is 34.3 Å². The van der Waals surface area contributed by atoms with Gasteiger partial charge in [0.05, 0.1) is 54.4 Å². The molecule has 62 heavy (non-hydrogen) atoms. The second kappa shape index (κ2) is 27.7. The molecule has 2 atom stereocenters. The number of unbranched alkanes of at least 4 members (excludes halogenated alkanes) is 4. The summed E-state index contributed by atoms with van der Waals surface area (Å²) in [6.07, 6.45) is 19.7. The average molecular weight is 931 g/mol. The Bertz CT molecular complexity index is 1620. The SMILES string of the molecule is CCCC[N+](CCCC)(CCCC)CCC[Si](C)(C)c1cc(C=N[C@H]2CCCC[C@@H]2N=Cc2cc([Si](C)(C)CCCC)cc(C(C)(C)C)c2O)c(O)c(C(C)(C)C)c1.[CH3-].[CH3-].[CH3-].[Cr]. The van der Waals surface area contributed by atoms with Crippen LogP contribution in [0, 0.1) is 22.3 Å². The summed E-state index contributed by atoms with van der Waals surface area (Å²) in [7, 11) is -3.54. The number of nitrogens with zero attached hydrogens (tertiary/aromatic N) is 3. The molecule has 0 unspecified atom stereocenters. The molecule has 2 N–H and O–H groups in total. The van der Waals surface area contributed by atoms with Crippen molar-refractivity contribution in [1.82, 2.24) is 0 Å². The molecule has 358 valence electrons. The molecule has 1 saturated carbocycles.